The number of anilines is 1. The first-order valence-corrected chi connectivity index (χ1v) is 8.07. The van der Waals surface area contributed by atoms with Crippen LogP contribution in [0.4, 0.5) is 5.69 Å². The van der Waals surface area contributed by atoms with Gasteiger partial charge >= 0.3 is 0 Å². The fourth-order valence-corrected chi connectivity index (χ4v) is 2.41. The second kappa shape index (κ2) is 7.57. The normalized spacial score (nSPS) is 10.9. The van der Waals surface area contributed by atoms with Crippen molar-refractivity contribution >= 4 is 21.6 Å². The molecule has 0 radical (unpaired) electrons. The van der Waals surface area contributed by atoms with E-state index in [1.54, 1.807) is 24.3 Å². The summed E-state index contributed by atoms with van der Waals surface area (Å²) < 4.78 is 24.1. The minimum Gasteiger partial charge on any atom is -0.326 e. The number of nitrogens with one attached hydrogen (secondary N) is 1. The van der Waals surface area contributed by atoms with Crippen LogP contribution in [0.25, 0.3) is 0 Å². The van der Waals surface area contributed by atoms with Gasteiger partial charge < -0.3 is 5.32 Å². The summed E-state index contributed by atoms with van der Waals surface area (Å²) in [6.07, 6.45) is 2.61. The molecule has 0 heterocycles. The van der Waals surface area contributed by atoms with Crippen molar-refractivity contribution in [2.45, 2.75) is 6.42 Å². The summed E-state index contributed by atoms with van der Waals surface area (Å²) in [7, 11) is -3.36. The van der Waals surface area contributed by atoms with Gasteiger partial charge in [-0.15, -0.1) is 6.58 Å². The van der Waals surface area contributed by atoms with Crippen molar-refractivity contribution < 1.29 is 13.2 Å². The standard InChI is InChI=1S/C14H17N3O3S/c1-3-9-17(21(2,19)20)10-8-14(18)16-13-6-4-12(11-15)5-7-13/h3-7H,1,8-10H2,2H3,(H,16,18). The SMILES string of the molecule is C=CCN(CCC(=O)Nc1ccc(C#N)cc1)S(C)(=O)=O. The Hall–Kier alpha value is -2.17. The molecule has 0 saturated heterocycles. The molecule has 0 unspecified atom stereocenters. The molecule has 1 rings (SSSR count). The lowest BCUT2D eigenvalue weighted by Crippen LogP contribution is -2.33. The summed E-state index contributed by atoms with van der Waals surface area (Å²) >= 11 is 0. The van der Waals surface area contributed by atoms with Crippen LogP contribution in [0.15, 0.2) is 36.9 Å². The number of benzene rings is 1. The van der Waals surface area contributed by atoms with Gasteiger partial charge in [0.25, 0.3) is 0 Å². The second-order valence-corrected chi connectivity index (χ2v) is 6.38. The van der Waals surface area contributed by atoms with Crippen LogP contribution in [-0.2, 0) is 14.8 Å². The molecule has 0 spiro atoms. The van der Waals surface area contributed by atoms with Crippen LogP contribution in [-0.4, -0.2) is 38.0 Å². The van der Waals surface area contributed by atoms with Crippen LogP contribution >= 0.6 is 0 Å². The van der Waals surface area contributed by atoms with Gasteiger partial charge in [-0.1, -0.05) is 6.08 Å². The van der Waals surface area contributed by atoms with E-state index >= 15 is 0 Å². The molecule has 0 bridgehead atoms. The van der Waals surface area contributed by atoms with Gasteiger partial charge in [0.05, 0.1) is 17.9 Å². The Kier molecular flexibility index (Phi) is 6.09. The van der Waals surface area contributed by atoms with E-state index in [0.717, 1.165) is 6.26 Å². The summed E-state index contributed by atoms with van der Waals surface area (Å²) in [6.45, 7) is 3.75. The lowest BCUT2D eigenvalue weighted by molar-refractivity contribution is -0.116. The maximum Gasteiger partial charge on any atom is 0.225 e. The van der Waals surface area contributed by atoms with E-state index in [1.165, 1.54) is 10.4 Å². The van der Waals surface area contributed by atoms with Crippen molar-refractivity contribution in [1.29, 1.82) is 5.26 Å². The van der Waals surface area contributed by atoms with Crippen LogP contribution in [0.2, 0.25) is 0 Å². The highest BCUT2D eigenvalue weighted by atomic mass is 32.2. The van der Waals surface area contributed by atoms with E-state index in [4.69, 9.17) is 5.26 Å². The molecule has 1 amide bonds. The van der Waals surface area contributed by atoms with E-state index in [-0.39, 0.29) is 25.4 Å². The number of amides is 1. The van der Waals surface area contributed by atoms with Gasteiger partial charge in [-0.25, -0.2) is 8.42 Å². The molecule has 21 heavy (non-hydrogen) atoms. The third-order valence-electron chi connectivity index (χ3n) is 2.69. The summed E-state index contributed by atoms with van der Waals surface area (Å²) in [5, 5.41) is 11.3. The van der Waals surface area contributed by atoms with Crippen molar-refractivity contribution in [3.05, 3.63) is 42.5 Å². The number of nitrogens with zero attached hydrogens (tertiary/aromatic N) is 2. The zero-order chi connectivity index (χ0) is 15.9. The summed E-state index contributed by atoms with van der Waals surface area (Å²) in [6, 6.07) is 8.41. The number of nitriles is 1. The van der Waals surface area contributed by atoms with E-state index in [2.05, 4.69) is 11.9 Å². The summed E-state index contributed by atoms with van der Waals surface area (Å²) in [5.74, 6) is -0.294. The number of hydrogen-bond donors (Lipinski definition) is 1. The molecule has 7 heteroatoms. The van der Waals surface area contributed by atoms with Crippen LogP contribution in [0.3, 0.4) is 0 Å². The van der Waals surface area contributed by atoms with E-state index < -0.39 is 10.0 Å². The Bertz CT molecular complexity index is 645. The third kappa shape index (κ3) is 5.77. The highest BCUT2D eigenvalue weighted by molar-refractivity contribution is 7.88. The van der Waals surface area contributed by atoms with Gasteiger partial charge in [0.2, 0.25) is 15.9 Å². The van der Waals surface area contributed by atoms with Crippen molar-refractivity contribution in [3.63, 3.8) is 0 Å². The fraction of sp³-hybridized carbons (Fsp3) is 0.286. The van der Waals surface area contributed by atoms with Crippen molar-refractivity contribution in [1.82, 2.24) is 4.31 Å². The molecule has 0 atom stereocenters. The molecule has 0 aliphatic carbocycles. The molecule has 0 aliphatic rings. The predicted molar refractivity (Wildman–Crippen MR) is 81.0 cm³/mol. The molecular weight excluding hydrogens is 290 g/mol. The molecule has 1 N–H and O–H groups in total. The quantitative estimate of drug-likeness (QED) is 0.770. The Balaban J connectivity index is 2.56. The zero-order valence-electron chi connectivity index (χ0n) is 11.7. The van der Waals surface area contributed by atoms with Crippen LogP contribution in [0.1, 0.15) is 12.0 Å². The summed E-state index contributed by atoms with van der Waals surface area (Å²) in [5.41, 5.74) is 1.07. The van der Waals surface area contributed by atoms with Crippen LogP contribution < -0.4 is 5.32 Å². The van der Waals surface area contributed by atoms with Crippen LogP contribution in [0.5, 0.6) is 0 Å². The number of rotatable bonds is 7. The minimum absolute atomic E-state index is 0.0426. The average Bonchev–Trinajstić information content (AvgIpc) is 2.43. The molecular formula is C14H17N3O3S. The van der Waals surface area contributed by atoms with Gasteiger partial charge in [0, 0.05) is 25.2 Å². The smallest absolute Gasteiger partial charge is 0.225 e. The molecule has 0 saturated carbocycles. The Morgan fingerprint density at radius 3 is 2.52 bits per heavy atom. The molecule has 6 nitrogen and oxygen atoms in total. The number of hydrogen-bond acceptors (Lipinski definition) is 4. The van der Waals surface area contributed by atoms with Crippen LogP contribution in [0, 0.1) is 11.3 Å². The number of sulfonamides is 1. The molecule has 112 valence electrons. The molecule has 0 aromatic heterocycles. The zero-order valence-corrected chi connectivity index (χ0v) is 12.6. The topological polar surface area (TPSA) is 90.3 Å². The van der Waals surface area contributed by atoms with E-state index in [1.807, 2.05) is 6.07 Å². The minimum atomic E-state index is -3.36. The van der Waals surface area contributed by atoms with E-state index in [0.29, 0.717) is 11.3 Å². The largest absolute Gasteiger partial charge is 0.326 e. The number of carbonyl (C=O) groups is 1. The fourth-order valence-electron chi connectivity index (χ4n) is 1.61. The lowest BCUT2D eigenvalue weighted by atomic mass is 10.2. The van der Waals surface area contributed by atoms with Gasteiger partial charge in [-0.3, -0.25) is 4.79 Å². The van der Waals surface area contributed by atoms with Gasteiger partial charge in [-0.2, -0.15) is 9.57 Å². The predicted octanol–water partition coefficient (Wildman–Crippen LogP) is 1.33. The molecule has 1 aromatic carbocycles. The monoisotopic (exact) mass is 307 g/mol. The van der Waals surface area contributed by atoms with Crippen molar-refractivity contribution in [2.75, 3.05) is 24.7 Å². The Morgan fingerprint density at radius 1 is 1.43 bits per heavy atom. The van der Waals surface area contributed by atoms with Crippen molar-refractivity contribution in [2.24, 2.45) is 0 Å². The van der Waals surface area contributed by atoms with Crippen molar-refractivity contribution in [3.8, 4) is 6.07 Å². The molecule has 0 aliphatic heterocycles. The van der Waals surface area contributed by atoms with Gasteiger partial charge in [-0.05, 0) is 24.3 Å². The van der Waals surface area contributed by atoms with Gasteiger partial charge in [0.1, 0.15) is 0 Å². The first kappa shape index (κ1) is 16.9. The first-order chi connectivity index (χ1) is 9.86. The molecule has 0 fully saturated rings. The average molecular weight is 307 g/mol. The second-order valence-electron chi connectivity index (χ2n) is 4.40. The third-order valence-corrected chi connectivity index (χ3v) is 3.96. The maximum atomic E-state index is 11.8. The highest BCUT2D eigenvalue weighted by Gasteiger charge is 2.16. The summed E-state index contributed by atoms with van der Waals surface area (Å²) in [4.78, 5) is 11.8. The maximum absolute atomic E-state index is 11.8. The Morgan fingerprint density at radius 2 is 2.05 bits per heavy atom. The highest BCUT2D eigenvalue weighted by Crippen LogP contribution is 2.09. The number of carbonyl (C=O) groups excluding carboxylic acids is 1. The molecule has 1 aromatic rings. The van der Waals surface area contributed by atoms with Gasteiger partial charge in [0.15, 0.2) is 0 Å². The first-order valence-electron chi connectivity index (χ1n) is 6.23. The lowest BCUT2D eigenvalue weighted by Gasteiger charge is -2.17. The Labute approximate surface area is 124 Å². The van der Waals surface area contributed by atoms with E-state index in [9.17, 15) is 13.2 Å².